The Labute approximate surface area is 200 Å². The highest BCUT2D eigenvalue weighted by Gasteiger charge is 2.47. The monoisotopic (exact) mass is 483 g/mol. The number of nitrogens with zero attached hydrogens (tertiary/aromatic N) is 3. The Morgan fingerprint density at radius 1 is 1.00 bits per heavy atom. The molecule has 6 nitrogen and oxygen atoms in total. The van der Waals surface area contributed by atoms with Crippen molar-refractivity contribution in [3.05, 3.63) is 105 Å². The number of benzene rings is 3. The minimum Gasteiger partial charge on any atom is -0.355 e. The van der Waals surface area contributed by atoms with Crippen LogP contribution in [0.2, 0.25) is 0 Å². The second-order valence-corrected chi connectivity index (χ2v) is 8.69. The molecule has 1 aliphatic rings. The third kappa shape index (κ3) is 5.29. The summed E-state index contributed by atoms with van der Waals surface area (Å²) >= 11 is 0. The van der Waals surface area contributed by atoms with E-state index in [2.05, 4.69) is 0 Å². The molecule has 0 N–H and O–H groups in total. The van der Waals surface area contributed by atoms with E-state index in [1.165, 1.54) is 19.1 Å². The predicted octanol–water partition coefficient (Wildman–Crippen LogP) is 5.52. The highest BCUT2D eigenvalue weighted by Crippen LogP contribution is 2.39. The summed E-state index contributed by atoms with van der Waals surface area (Å²) in [6.07, 6.45) is 0. The van der Waals surface area contributed by atoms with E-state index in [-0.39, 0.29) is 24.3 Å². The number of hydrogen-bond acceptors (Lipinski definition) is 4. The molecule has 182 valence electrons. The fourth-order valence-corrected chi connectivity index (χ4v) is 4.25. The van der Waals surface area contributed by atoms with Gasteiger partial charge in [0.15, 0.2) is 11.5 Å². The van der Waals surface area contributed by atoms with Gasteiger partial charge < -0.3 is 9.80 Å². The zero-order valence-electron chi connectivity index (χ0n) is 19.0. The van der Waals surface area contributed by atoms with Crippen LogP contribution in [0.4, 0.5) is 24.5 Å². The number of likely N-dealkylation sites (tertiary alicyclic amines) is 1. The van der Waals surface area contributed by atoms with Crippen LogP contribution in [0, 0.1) is 15.9 Å². The van der Waals surface area contributed by atoms with Crippen LogP contribution in [0.15, 0.2) is 72.8 Å². The molecular formula is C26H24F3N3O3. The standard InChI is InChI=1S/C26H24F3N3O3/c1-18(25(33)31-16-26(28,29)17-31)21-12-13-22(32(34)35)24(23(21)27)30(14-19-8-4-2-5-9-19)15-20-10-6-3-7-11-20/h2-13,18H,14-17H2,1H3. The number of carbonyl (C=O) groups is 1. The van der Waals surface area contributed by atoms with E-state index in [0.717, 1.165) is 16.0 Å². The first-order valence-electron chi connectivity index (χ1n) is 11.1. The molecule has 0 aromatic heterocycles. The van der Waals surface area contributed by atoms with Crippen molar-refractivity contribution in [3.63, 3.8) is 0 Å². The van der Waals surface area contributed by atoms with Crippen molar-refractivity contribution in [1.82, 2.24) is 4.90 Å². The van der Waals surface area contributed by atoms with Gasteiger partial charge in [0.1, 0.15) is 0 Å². The van der Waals surface area contributed by atoms with Crippen LogP contribution in [0.25, 0.3) is 0 Å². The van der Waals surface area contributed by atoms with E-state index >= 15 is 4.39 Å². The first kappa shape index (κ1) is 24.3. The fourth-order valence-electron chi connectivity index (χ4n) is 4.25. The lowest BCUT2D eigenvalue weighted by Gasteiger charge is -2.40. The Balaban J connectivity index is 1.75. The number of halogens is 3. The smallest absolute Gasteiger partial charge is 0.295 e. The summed E-state index contributed by atoms with van der Waals surface area (Å²) < 4.78 is 42.6. The molecule has 9 heteroatoms. The van der Waals surface area contributed by atoms with Crippen molar-refractivity contribution >= 4 is 17.3 Å². The molecule has 1 unspecified atom stereocenters. The maximum atomic E-state index is 16.0. The Morgan fingerprint density at radius 3 is 1.97 bits per heavy atom. The normalized spacial score (nSPS) is 15.3. The molecule has 35 heavy (non-hydrogen) atoms. The Hall–Kier alpha value is -3.88. The number of alkyl halides is 2. The zero-order valence-corrected chi connectivity index (χ0v) is 19.0. The van der Waals surface area contributed by atoms with Crippen LogP contribution in [0.3, 0.4) is 0 Å². The van der Waals surface area contributed by atoms with Gasteiger partial charge in [0, 0.05) is 24.7 Å². The average molecular weight is 483 g/mol. The Bertz CT molecular complexity index is 1170. The van der Waals surface area contributed by atoms with Crippen molar-refractivity contribution in [3.8, 4) is 0 Å². The van der Waals surface area contributed by atoms with Crippen LogP contribution in [0.5, 0.6) is 0 Å². The number of rotatable bonds is 8. The van der Waals surface area contributed by atoms with Crippen molar-refractivity contribution in [1.29, 1.82) is 0 Å². The van der Waals surface area contributed by atoms with Crippen LogP contribution < -0.4 is 4.90 Å². The summed E-state index contributed by atoms with van der Waals surface area (Å²) in [6, 6.07) is 20.7. The number of hydrogen-bond donors (Lipinski definition) is 0. The van der Waals surface area contributed by atoms with Gasteiger partial charge in [0.2, 0.25) is 5.91 Å². The van der Waals surface area contributed by atoms with Crippen molar-refractivity contribution in [2.24, 2.45) is 0 Å². The van der Waals surface area contributed by atoms with E-state index in [1.807, 2.05) is 60.7 Å². The quantitative estimate of drug-likeness (QED) is 0.313. The molecule has 0 radical (unpaired) electrons. The molecule has 0 bridgehead atoms. The topological polar surface area (TPSA) is 66.7 Å². The second kappa shape index (κ2) is 9.77. The van der Waals surface area contributed by atoms with E-state index in [9.17, 15) is 23.7 Å². The van der Waals surface area contributed by atoms with E-state index in [1.54, 1.807) is 4.90 Å². The lowest BCUT2D eigenvalue weighted by atomic mass is 9.95. The minimum absolute atomic E-state index is 0.0723. The average Bonchev–Trinajstić information content (AvgIpc) is 2.82. The molecule has 3 aromatic carbocycles. The van der Waals surface area contributed by atoms with Gasteiger partial charge in [-0.1, -0.05) is 60.7 Å². The van der Waals surface area contributed by atoms with Crippen molar-refractivity contribution in [2.45, 2.75) is 31.9 Å². The molecule has 0 aliphatic carbocycles. The van der Waals surface area contributed by atoms with Gasteiger partial charge in [-0.2, -0.15) is 0 Å². The number of nitro groups is 1. The fraction of sp³-hybridized carbons (Fsp3) is 0.269. The summed E-state index contributed by atoms with van der Waals surface area (Å²) in [7, 11) is 0. The first-order chi connectivity index (χ1) is 16.7. The van der Waals surface area contributed by atoms with Crippen LogP contribution in [-0.2, 0) is 17.9 Å². The predicted molar refractivity (Wildman–Crippen MR) is 126 cm³/mol. The largest absolute Gasteiger partial charge is 0.355 e. The highest BCUT2D eigenvalue weighted by molar-refractivity contribution is 5.85. The molecule has 1 amide bonds. The summed E-state index contributed by atoms with van der Waals surface area (Å²) in [4.78, 5) is 26.5. The second-order valence-electron chi connectivity index (χ2n) is 8.69. The van der Waals surface area contributed by atoms with E-state index in [0.29, 0.717) is 0 Å². The molecule has 1 heterocycles. The summed E-state index contributed by atoms with van der Waals surface area (Å²) in [6.45, 7) is 0.346. The van der Waals surface area contributed by atoms with Gasteiger partial charge in [0.05, 0.1) is 23.9 Å². The summed E-state index contributed by atoms with van der Waals surface area (Å²) in [5.74, 6) is -5.58. The molecule has 3 aromatic rings. The van der Waals surface area contributed by atoms with Gasteiger partial charge in [-0.25, -0.2) is 13.2 Å². The lowest BCUT2D eigenvalue weighted by Crippen LogP contribution is -2.59. The number of nitro benzene ring substituents is 1. The molecule has 1 aliphatic heterocycles. The number of carbonyl (C=O) groups excluding carboxylic acids is 1. The molecule has 1 fully saturated rings. The summed E-state index contributed by atoms with van der Waals surface area (Å²) in [5, 5.41) is 11.9. The van der Waals surface area contributed by atoms with Gasteiger partial charge in [-0.3, -0.25) is 14.9 Å². The third-order valence-electron chi connectivity index (χ3n) is 6.06. The number of amides is 1. The molecule has 1 saturated heterocycles. The third-order valence-corrected chi connectivity index (χ3v) is 6.06. The van der Waals surface area contributed by atoms with Gasteiger partial charge >= 0.3 is 0 Å². The first-order valence-corrected chi connectivity index (χ1v) is 11.1. The van der Waals surface area contributed by atoms with Crippen molar-refractivity contribution < 1.29 is 22.9 Å². The lowest BCUT2D eigenvalue weighted by molar-refractivity contribution is -0.384. The SMILES string of the molecule is CC(C(=O)N1CC(F)(F)C1)c1ccc([N+](=O)[O-])c(N(Cc2ccccc2)Cc2ccccc2)c1F. The van der Waals surface area contributed by atoms with Crippen LogP contribution in [-0.4, -0.2) is 34.7 Å². The molecule has 0 saturated carbocycles. The van der Waals surface area contributed by atoms with Crippen molar-refractivity contribution in [2.75, 3.05) is 18.0 Å². The Morgan fingerprint density at radius 2 is 1.51 bits per heavy atom. The molecule has 1 atom stereocenters. The van der Waals surface area contributed by atoms with Crippen LogP contribution in [0.1, 0.15) is 29.5 Å². The Kier molecular flexibility index (Phi) is 6.77. The highest BCUT2D eigenvalue weighted by atomic mass is 19.3. The molecule has 0 spiro atoms. The van der Waals surface area contributed by atoms with Gasteiger partial charge in [-0.15, -0.1) is 0 Å². The maximum absolute atomic E-state index is 16.0. The van der Waals surface area contributed by atoms with Gasteiger partial charge in [-0.05, 0) is 24.1 Å². The summed E-state index contributed by atoms with van der Waals surface area (Å²) in [5.41, 5.74) is 0.878. The maximum Gasteiger partial charge on any atom is 0.295 e. The zero-order chi connectivity index (χ0) is 25.2. The van der Waals surface area contributed by atoms with Crippen LogP contribution >= 0.6 is 0 Å². The van der Waals surface area contributed by atoms with E-state index < -0.39 is 47.3 Å². The van der Waals surface area contributed by atoms with E-state index in [4.69, 9.17) is 0 Å². The molecule has 4 rings (SSSR count). The molecular weight excluding hydrogens is 459 g/mol. The van der Waals surface area contributed by atoms with Gasteiger partial charge in [0.25, 0.3) is 11.6 Å². The minimum atomic E-state index is -2.95. The number of anilines is 1.